The largest absolute Gasteiger partial charge is 0.392 e. The second-order valence-electron chi connectivity index (χ2n) is 4.63. The van der Waals surface area contributed by atoms with Crippen molar-refractivity contribution in [3.05, 3.63) is 64.7 Å². The van der Waals surface area contributed by atoms with Gasteiger partial charge in [-0.1, -0.05) is 30.3 Å². The van der Waals surface area contributed by atoms with E-state index in [1.807, 2.05) is 24.3 Å². The highest BCUT2D eigenvalue weighted by Gasteiger charge is 1.98. The van der Waals surface area contributed by atoms with Gasteiger partial charge in [0.05, 0.1) is 6.61 Å². The molecule has 2 heteroatoms. The number of hydrogen-bond donors (Lipinski definition) is 2. The molecule has 18 heavy (non-hydrogen) atoms. The van der Waals surface area contributed by atoms with Gasteiger partial charge < -0.3 is 10.4 Å². The number of nitrogens with one attached hydrogen (secondary N) is 1. The third-order valence-corrected chi connectivity index (χ3v) is 3.18. The molecule has 0 aromatic heterocycles. The van der Waals surface area contributed by atoms with Crippen LogP contribution in [-0.4, -0.2) is 5.11 Å². The molecule has 0 heterocycles. The van der Waals surface area contributed by atoms with Crippen molar-refractivity contribution >= 4 is 5.69 Å². The van der Waals surface area contributed by atoms with Crippen molar-refractivity contribution in [1.82, 2.24) is 0 Å². The quantitative estimate of drug-likeness (QED) is 0.859. The first-order valence-corrected chi connectivity index (χ1v) is 6.19. The molecule has 2 aromatic carbocycles. The van der Waals surface area contributed by atoms with Crippen LogP contribution in [0.2, 0.25) is 0 Å². The van der Waals surface area contributed by atoms with Crippen LogP contribution >= 0.6 is 0 Å². The van der Waals surface area contributed by atoms with Crippen LogP contribution in [0, 0.1) is 13.8 Å². The van der Waals surface area contributed by atoms with E-state index < -0.39 is 0 Å². The maximum absolute atomic E-state index is 9.09. The number of aliphatic hydroxyl groups excluding tert-OH is 1. The first-order chi connectivity index (χ1) is 8.69. The Labute approximate surface area is 108 Å². The van der Waals surface area contributed by atoms with Crippen LogP contribution in [0.1, 0.15) is 22.3 Å². The minimum absolute atomic E-state index is 0.0825. The van der Waals surface area contributed by atoms with Gasteiger partial charge in [0.15, 0.2) is 0 Å². The Kier molecular flexibility index (Phi) is 4.00. The maximum Gasteiger partial charge on any atom is 0.0682 e. The molecule has 2 aromatic rings. The number of aryl methyl sites for hydroxylation is 2. The lowest BCUT2D eigenvalue weighted by molar-refractivity contribution is 0.282. The molecule has 0 aliphatic heterocycles. The summed E-state index contributed by atoms with van der Waals surface area (Å²) < 4.78 is 0. The molecule has 94 valence electrons. The topological polar surface area (TPSA) is 32.3 Å². The number of rotatable bonds is 4. The third-order valence-electron chi connectivity index (χ3n) is 3.18. The molecular formula is C16H19NO. The van der Waals surface area contributed by atoms with E-state index in [1.165, 1.54) is 16.7 Å². The molecule has 0 aliphatic carbocycles. The standard InChI is InChI=1S/C16H19NO/c1-12-6-7-14(8-13(12)2)10-17-16-5-3-4-15(9-16)11-18/h3-9,17-18H,10-11H2,1-2H3. The van der Waals surface area contributed by atoms with E-state index in [2.05, 4.69) is 37.4 Å². The third kappa shape index (κ3) is 3.11. The predicted molar refractivity (Wildman–Crippen MR) is 75.6 cm³/mol. The Morgan fingerprint density at radius 3 is 2.50 bits per heavy atom. The average Bonchev–Trinajstić information content (AvgIpc) is 2.40. The summed E-state index contributed by atoms with van der Waals surface area (Å²) in [7, 11) is 0. The monoisotopic (exact) mass is 241 g/mol. The number of benzene rings is 2. The van der Waals surface area contributed by atoms with Crippen LogP contribution in [0.5, 0.6) is 0 Å². The van der Waals surface area contributed by atoms with Gasteiger partial charge in [0.2, 0.25) is 0 Å². The van der Waals surface area contributed by atoms with Crippen molar-refractivity contribution in [2.24, 2.45) is 0 Å². The number of anilines is 1. The van der Waals surface area contributed by atoms with E-state index in [0.717, 1.165) is 17.8 Å². The average molecular weight is 241 g/mol. The molecule has 0 unspecified atom stereocenters. The Hall–Kier alpha value is -1.80. The number of hydrogen-bond acceptors (Lipinski definition) is 2. The van der Waals surface area contributed by atoms with Crippen molar-refractivity contribution < 1.29 is 5.11 Å². The van der Waals surface area contributed by atoms with Gasteiger partial charge in [-0.3, -0.25) is 0 Å². The Morgan fingerprint density at radius 2 is 1.78 bits per heavy atom. The SMILES string of the molecule is Cc1ccc(CNc2cccc(CO)c2)cc1C. The molecule has 0 spiro atoms. The smallest absolute Gasteiger partial charge is 0.0682 e. The summed E-state index contributed by atoms with van der Waals surface area (Å²) in [5.41, 5.74) is 5.88. The first kappa shape index (κ1) is 12.7. The minimum atomic E-state index is 0.0825. The summed E-state index contributed by atoms with van der Waals surface area (Å²) in [6, 6.07) is 14.4. The molecule has 2 nitrogen and oxygen atoms in total. The maximum atomic E-state index is 9.09. The Bertz CT molecular complexity index is 534. The molecule has 0 saturated heterocycles. The molecule has 0 amide bonds. The molecule has 0 atom stereocenters. The summed E-state index contributed by atoms with van der Waals surface area (Å²) in [4.78, 5) is 0. The zero-order valence-corrected chi connectivity index (χ0v) is 10.9. The van der Waals surface area contributed by atoms with Crippen molar-refractivity contribution in [2.45, 2.75) is 27.0 Å². The molecule has 2 N–H and O–H groups in total. The fourth-order valence-corrected chi connectivity index (χ4v) is 1.90. The van der Waals surface area contributed by atoms with Crippen molar-refractivity contribution in [3.8, 4) is 0 Å². The minimum Gasteiger partial charge on any atom is -0.392 e. The van der Waals surface area contributed by atoms with Gasteiger partial charge in [-0.2, -0.15) is 0 Å². The van der Waals surface area contributed by atoms with Crippen LogP contribution < -0.4 is 5.32 Å². The fourth-order valence-electron chi connectivity index (χ4n) is 1.90. The fraction of sp³-hybridized carbons (Fsp3) is 0.250. The molecule has 0 radical (unpaired) electrons. The van der Waals surface area contributed by atoms with Crippen LogP contribution in [-0.2, 0) is 13.2 Å². The van der Waals surface area contributed by atoms with Gasteiger partial charge in [0.1, 0.15) is 0 Å². The van der Waals surface area contributed by atoms with Gasteiger partial charge >= 0.3 is 0 Å². The van der Waals surface area contributed by atoms with Crippen LogP contribution in [0.3, 0.4) is 0 Å². The summed E-state index contributed by atoms with van der Waals surface area (Å²) >= 11 is 0. The second kappa shape index (κ2) is 5.69. The summed E-state index contributed by atoms with van der Waals surface area (Å²) in [6.45, 7) is 5.14. The van der Waals surface area contributed by atoms with E-state index in [1.54, 1.807) is 0 Å². The van der Waals surface area contributed by atoms with Crippen molar-refractivity contribution in [3.63, 3.8) is 0 Å². The van der Waals surface area contributed by atoms with E-state index in [9.17, 15) is 0 Å². The van der Waals surface area contributed by atoms with E-state index in [0.29, 0.717) is 0 Å². The molecular weight excluding hydrogens is 222 g/mol. The van der Waals surface area contributed by atoms with Gasteiger partial charge in [-0.05, 0) is 48.2 Å². The molecule has 0 aliphatic rings. The zero-order valence-electron chi connectivity index (χ0n) is 10.9. The van der Waals surface area contributed by atoms with E-state index >= 15 is 0 Å². The van der Waals surface area contributed by atoms with Gasteiger partial charge in [-0.25, -0.2) is 0 Å². The van der Waals surface area contributed by atoms with Crippen molar-refractivity contribution in [2.75, 3.05) is 5.32 Å². The van der Waals surface area contributed by atoms with Gasteiger partial charge in [-0.15, -0.1) is 0 Å². The van der Waals surface area contributed by atoms with Crippen LogP contribution in [0.15, 0.2) is 42.5 Å². The lowest BCUT2D eigenvalue weighted by Crippen LogP contribution is -2.00. The highest BCUT2D eigenvalue weighted by molar-refractivity contribution is 5.46. The van der Waals surface area contributed by atoms with Gasteiger partial charge in [0, 0.05) is 12.2 Å². The molecule has 0 bridgehead atoms. The lowest BCUT2D eigenvalue weighted by atomic mass is 10.1. The van der Waals surface area contributed by atoms with E-state index in [-0.39, 0.29) is 6.61 Å². The second-order valence-corrected chi connectivity index (χ2v) is 4.63. The molecule has 0 saturated carbocycles. The Balaban J connectivity index is 2.04. The van der Waals surface area contributed by atoms with Crippen molar-refractivity contribution in [1.29, 1.82) is 0 Å². The highest BCUT2D eigenvalue weighted by Crippen LogP contribution is 2.14. The first-order valence-electron chi connectivity index (χ1n) is 6.19. The zero-order chi connectivity index (χ0) is 13.0. The number of aliphatic hydroxyl groups is 1. The molecule has 2 rings (SSSR count). The molecule has 0 fully saturated rings. The highest BCUT2D eigenvalue weighted by atomic mass is 16.3. The van der Waals surface area contributed by atoms with Gasteiger partial charge in [0.25, 0.3) is 0 Å². The normalized spacial score (nSPS) is 10.4. The lowest BCUT2D eigenvalue weighted by Gasteiger charge is -2.09. The predicted octanol–water partition coefficient (Wildman–Crippen LogP) is 3.41. The van der Waals surface area contributed by atoms with E-state index in [4.69, 9.17) is 5.11 Å². The summed E-state index contributed by atoms with van der Waals surface area (Å²) in [5.74, 6) is 0. The van der Waals surface area contributed by atoms with Crippen LogP contribution in [0.25, 0.3) is 0 Å². The van der Waals surface area contributed by atoms with Crippen LogP contribution in [0.4, 0.5) is 5.69 Å². The summed E-state index contributed by atoms with van der Waals surface area (Å²) in [5, 5.41) is 12.5. The summed E-state index contributed by atoms with van der Waals surface area (Å²) in [6.07, 6.45) is 0. The Morgan fingerprint density at radius 1 is 0.944 bits per heavy atom.